The van der Waals surface area contributed by atoms with E-state index >= 15 is 0 Å². The average Bonchev–Trinajstić information content (AvgIpc) is 2.89. The van der Waals surface area contributed by atoms with E-state index in [1.807, 2.05) is 24.3 Å². The second-order valence-corrected chi connectivity index (χ2v) is 4.18. The molecule has 1 aromatic heterocycles. The Bertz CT molecular complexity index is 665. The summed E-state index contributed by atoms with van der Waals surface area (Å²) in [6, 6.07) is 7.44. The Kier molecular flexibility index (Phi) is 4.53. The van der Waals surface area contributed by atoms with Crippen LogP contribution in [0.1, 0.15) is 27.2 Å². The van der Waals surface area contributed by atoms with Crippen molar-refractivity contribution in [1.29, 1.82) is 0 Å². The van der Waals surface area contributed by atoms with Crippen molar-refractivity contribution >= 4 is 5.91 Å². The number of rotatable bonds is 3. The zero-order valence-electron chi connectivity index (χ0n) is 11.0. The predicted molar refractivity (Wildman–Crippen MR) is 72.8 cm³/mol. The number of carbonyl (C=O) groups excluding carboxylic acids is 1. The topological polar surface area (TPSA) is 75.4 Å². The molecular weight excluding hydrogens is 256 g/mol. The molecule has 0 fully saturated rings. The lowest BCUT2D eigenvalue weighted by molar-refractivity contribution is 0.0913. The molecule has 0 saturated heterocycles. The molecule has 0 bridgehead atoms. The summed E-state index contributed by atoms with van der Waals surface area (Å²) in [6.45, 7) is 1.95. The van der Waals surface area contributed by atoms with Crippen molar-refractivity contribution in [3.63, 3.8) is 0 Å². The highest BCUT2D eigenvalue weighted by atomic mass is 16.5. The molecule has 102 valence electrons. The predicted octanol–water partition coefficient (Wildman–Crippen LogP) is 1.26. The second-order valence-electron chi connectivity index (χ2n) is 4.18. The fourth-order valence-corrected chi connectivity index (χ4v) is 1.67. The highest BCUT2D eigenvalue weighted by Crippen LogP contribution is 2.07. The van der Waals surface area contributed by atoms with Crippen LogP contribution >= 0.6 is 0 Å². The zero-order chi connectivity index (χ0) is 14.4. The second kappa shape index (κ2) is 6.55. The van der Waals surface area contributed by atoms with Gasteiger partial charge in [-0.3, -0.25) is 4.79 Å². The van der Waals surface area contributed by atoms with Gasteiger partial charge in [-0.05, 0) is 24.6 Å². The lowest BCUT2D eigenvalue weighted by Crippen LogP contribution is -2.23. The Balaban J connectivity index is 2.01. The third-order valence-corrected chi connectivity index (χ3v) is 2.65. The quantitative estimate of drug-likeness (QED) is 0.823. The van der Waals surface area contributed by atoms with E-state index in [4.69, 9.17) is 9.63 Å². The van der Waals surface area contributed by atoms with E-state index in [-0.39, 0.29) is 18.3 Å². The molecule has 1 heterocycles. The standard InChI is InChI=1S/C15H14N2O3/c1-11-9-17-20-14(11)15(19)16-10-13-5-2-4-12(8-13)6-3-7-18/h2,4-5,8-9,18H,7,10H2,1H3,(H,16,19). The summed E-state index contributed by atoms with van der Waals surface area (Å²) in [4.78, 5) is 11.9. The lowest BCUT2D eigenvalue weighted by atomic mass is 10.1. The van der Waals surface area contributed by atoms with Crippen molar-refractivity contribution in [2.75, 3.05) is 6.61 Å². The fourth-order valence-electron chi connectivity index (χ4n) is 1.67. The lowest BCUT2D eigenvalue weighted by Gasteiger charge is -2.04. The van der Waals surface area contributed by atoms with Crippen molar-refractivity contribution in [3.05, 3.63) is 52.9 Å². The maximum absolute atomic E-state index is 11.9. The summed E-state index contributed by atoms with van der Waals surface area (Å²) < 4.78 is 4.88. The van der Waals surface area contributed by atoms with Gasteiger partial charge in [0.05, 0.1) is 6.20 Å². The first-order chi connectivity index (χ1) is 9.70. The summed E-state index contributed by atoms with van der Waals surface area (Å²) >= 11 is 0. The van der Waals surface area contributed by atoms with Gasteiger partial charge in [-0.1, -0.05) is 29.1 Å². The molecule has 0 aliphatic heterocycles. The van der Waals surface area contributed by atoms with Gasteiger partial charge in [0, 0.05) is 17.7 Å². The normalized spacial score (nSPS) is 9.70. The molecule has 0 spiro atoms. The van der Waals surface area contributed by atoms with E-state index in [9.17, 15) is 4.79 Å². The van der Waals surface area contributed by atoms with Crippen LogP contribution in [0.25, 0.3) is 0 Å². The fraction of sp³-hybridized carbons (Fsp3) is 0.200. The van der Waals surface area contributed by atoms with E-state index in [1.165, 1.54) is 6.20 Å². The van der Waals surface area contributed by atoms with Crippen molar-refractivity contribution in [3.8, 4) is 11.8 Å². The molecule has 5 nitrogen and oxygen atoms in total. The Morgan fingerprint density at radius 1 is 1.50 bits per heavy atom. The maximum atomic E-state index is 11.9. The molecule has 20 heavy (non-hydrogen) atoms. The van der Waals surface area contributed by atoms with Gasteiger partial charge >= 0.3 is 0 Å². The maximum Gasteiger partial charge on any atom is 0.290 e. The van der Waals surface area contributed by atoms with Gasteiger partial charge in [0.2, 0.25) is 5.76 Å². The van der Waals surface area contributed by atoms with Crippen LogP contribution in [0.2, 0.25) is 0 Å². The minimum absolute atomic E-state index is 0.175. The summed E-state index contributed by atoms with van der Waals surface area (Å²) in [5.41, 5.74) is 2.41. The van der Waals surface area contributed by atoms with Gasteiger partial charge in [-0.25, -0.2) is 0 Å². The number of nitrogens with zero attached hydrogens (tertiary/aromatic N) is 1. The number of hydrogen-bond donors (Lipinski definition) is 2. The molecule has 0 aliphatic rings. The van der Waals surface area contributed by atoms with Crippen molar-refractivity contribution in [2.45, 2.75) is 13.5 Å². The number of aryl methyl sites for hydroxylation is 1. The molecule has 0 aliphatic carbocycles. The van der Waals surface area contributed by atoms with Crippen LogP contribution in [0.15, 0.2) is 35.0 Å². The molecule has 1 amide bonds. The summed E-state index contributed by atoms with van der Waals surface area (Å²) in [5.74, 6) is 5.32. The minimum atomic E-state index is -0.299. The Morgan fingerprint density at radius 2 is 2.35 bits per heavy atom. The molecule has 0 atom stereocenters. The van der Waals surface area contributed by atoms with Gasteiger partial charge in [0.25, 0.3) is 5.91 Å². The van der Waals surface area contributed by atoms with Gasteiger partial charge in [-0.15, -0.1) is 0 Å². The number of aliphatic hydroxyl groups excluding tert-OH is 1. The zero-order valence-corrected chi connectivity index (χ0v) is 11.0. The van der Waals surface area contributed by atoms with Crippen molar-refractivity contribution in [1.82, 2.24) is 10.5 Å². The summed E-state index contributed by atoms with van der Waals surface area (Å²) in [5, 5.41) is 15.0. The molecule has 1 aromatic carbocycles. The van der Waals surface area contributed by atoms with E-state index in [2.05, 4.69) is 22.3 Å². The molecule has 0 saturated carbocycles. The number of aromatic nitrogens is 1. The van der Waals surface area contributed by atoms with Crippen LogP contribution < -0.4 is 5.32 Å². The number of amides is 1. The Labute approximate surface area is 116 Å². The number of benzene rings is 1. The highest BCUT2D eigenvalue weighted by molar-refractivity contribution is 5.92. The SMILES string of the molecule is Cc1cnoc1C(=O)NCc1cccc(C#CCO)c1. The van der Waals surface area contributed by atoms with Crippen LogP contribution in [0, 0.1) is 18.8 Å². The Morgan fingerprint density at radius 3 is 3.05 bits per heavy atom. The third-order valence-electron chi connectivity index (χ3n) is 2.65. The van der Waals surface area contributed by atoms with Crippen LogP contribution in [-0.2, 0) is 6.54 Å². The van der Waals surface area contributed by atoms with Crippen molar-refractivity contribution < 1.29 is 14.4 Å². The highest BCUT2D eigenvalue weighted by Gasteiger charge is 2.13. The molecule has 2 rings (SSSR count). The number of nitrogens with one attached hydrogen (secondary N) is 1. The molecule has 0 unspecified atom stereocenters. The molecule has 2 N–H and O–H groups in total. The molecular formula is C15H14N2O3. The van der Waals surface area contributed by atoms with E-state index in [0.29, 0.717) is 12.1 Å². The van der Waals surface area contributed by atoms with Crippen LogP contribution in [0.4, 0.5) is 0 Å². The average molecular weight is 270 g/mol. The van der Waals surface area contributed by atoms with Crippen LogP contribution in [0.3, 0.4) is 0 Å². The first kappa shape index (κ1) is 13.8. The molecule has 0 radical (unpaired) electrons. The van der Waals surface area contributed by atoms with Crippen molar-refractivity contribution in [2.24, 2.45) is 0 Å². The smallest absolute Gasteiger partial charge is 0.290 e. The summed E-state index contributed by atoms with van der Waals surface area (Å²) in [6.07, 6.45) is 1.50. The summed E-state index contributed by atoms with van der Waals surface area (Å²) in [7, 11) is 0. The Hall–Kier alpha value is -2.58. The number of hydrogen-bond acceptors (Lipinski definition) is 4. The van der Waals surface area contributed by atoms with Gasteiger partial charge in [0.1, 0.15) is 6.61 Å². The molecule has 2 aromatic rings. The minimum Gasteiger partial charge on any atom is -0.384 e. The monoisotopic (exact) mass is 270 g/mol. The first-order valence-electron chi connectivity index (χ1n) is 6.09. The van der Waals surface area contributed by atoms with Crippen LogP contribution in [-0.4, -0.2) is 22.8 Å². The third kappa shape index (κ3) is 3.46. The van der Waals surface area contributed by atoms with Gasteiger partial charge < -0.3 is 14.9 Å². The number of aliphatic hydroxyl groups is 1. The van der Waals surface area contributed by atoms with Crippen LogP contribution in [0.5, 0.6) is 0 Å². The van der Waals surface area contributed by atoms with Gasteiger partial charge in [-0.2, -0.15) is 0 Å². The first-order valence-corrected chi connectivity index (χ1v) is 6.09. The van der Waals surface area contributed by atoms with E-state index in [0.717, 1.165) is 11.1 Å². The number of carbonyl (C=O) groups is 1. The largest absolute Gasteiger partial charge is 0.384 e. The molecule has 5 heteroatoms. The van der Waals surface area contributed by atoms with E-state index in [1.54, 1.807) is 6.92 Å². The van der Waals surface area contributed by atoms with Gasteiger partial charge in [0.15, 0.2) is 0 Å². The van der Waals surface area contributed by atoms with E-state index < -0.39 is 0 Å².